The molecule has 0 saturated carbocycles. The van der Waals surface area contributed by atoms with E-state index in [4.69, 9.17) is 9.47 Å². The number of aliphatic hydroxyl groups is 1. The minimum atomic E-state index is -0.994. The van der Waals surface area contributed by atoms with Crippen LogP contribution < -0.4 is 14.8 Å². The first-order valence-corrected chi connectivity index (χ1v) is 10.6. The number of phenols is 1. The molecule has 178 valence electrons. The fourth-order valence-electron chi connectivity index (χ4n) is 3.00. The molecule has 2 aromatic carbocycles. The zero-order valence-corrected chi connectivity index (χ0v) is 18.9. The maximum absolute atomic E-state index is 11.7. The number of ether oxygens (including phenoxy) is 3. The van der Waals surface area contributed by atoms with Gasteiger partial charge in [0.1, 0.15) is 36.6 Å². The van der Waals surface area contributed by atoms with E-state index in [-0.39, 0.29) is 36.9 Å². The van der Waals surface area contributed by atoms with E-state index in [2.05, 4.69) is 10.1 Å². The highest BCUT2D eigenvalue weighted by Gasteiger charge is 2.18. The number of aliphatic hydroxyl groups excluding tert-OH is 1. The standard InChI is InChI=1S/C24H29NO8/c1-4-7-20-21(11-10-19(15(3)26)22(20)28)33-14-17(27)13-32-18-9-6-8-16(12-18)25-23(29)24(30)31-5-2/h6,8-12,17,27-28H,4-5,7,13-14H2,1-3H3,(H,25,29). The SMILES string of the molecule is CCCc1c(OCC(O)COc2cccc(NC(=O)C(=O)OCC)c2)ccc(C(C)=O)c1O. The highest BCUT2D eigenvalue weighted by Crippen LogP contribution is 2.33. The number of amides is 1. The summed E-state index contributed by atoms with van der Waals surface area (Å²) in [6.45, 7) is 4.81. The Balaban J connectivity index is 1.94. The average Bonchev–Trinajstić information content (AvgIpc) is 2.78. The summed E-state index contributed by atoms with van der Waals surface area (Å²) in [4.78, 5) is 34.8. The molecule has 0 aliphatic carbocycles. The van der Waals surface area contributed by atoms with Crippen LogP contribution in [0.25, 0.3) is 0 Å². The number of hydrogen-bond donors (Lipinski definition) is 3. The fourth-order valence-corrected chi connectivity index (χ4v) is 3.00. The van der Waals surface area contributed by atoms with Gasteiger partial charge in [0, 0.05) is 17.3 Å². The van der Waals surface area contributed by atoms with Gasteiger partial charge in [-0.25, -0.2) is 4.79 Å². The summed E-state index contributed by atoms with van der Waals surface area (Å²) >= 11 is 0. The van der Waals surface area contributed by atoms with E-state index in [9.17, 15) is 24.6 Å². The number of nitrogens with one attached hydrogen (secondary N) is 1. The van der Waals surface area contributed by atoms with E-state index < -0.39 is 18.0 Å². The van der Waals surface area contributed by atoms with Crippen molar-refractivity contribution >= 4 is 23.3 Å². The lowest BCUT2D eigenvalue weighted by atomic mass is 10.0. The van der Waals surface area contributed by atoms with E-state index in [0.29, 0.717) is 29.2 Å². The molecule has 3 N–H and O–H groups in total. The summed E-state index contributed by atoms with van der Waals surface area (Å²) in [7, 11) is 0. The molecule has 0 aliphatic heterocycles. The lowest BCUT2D eigenvalue weighted by molar-refractivity contribution is -0.152. The summed E-state index contributed by atoms with van der Waals surface area (Å²) in [6.07, 6.45) is 0.256. The van der Waals surface area contributed by atoms with E-state index in [1.807, 2.05) is 6.92 Å². The number of aromatic hydroxyl groups is 1. The van der Waals surface area contributed by atoms with Crippen molar-refractivity contribution in [1.82, 2.24) is 0 Å². The van der Waals surface area contributed by atoms with Gasteiger partial charge in [-0.3, -0.25) is 9.59 Å². The molecular weight excluding hydrogens is 430 g/mol. The van der Waals surface area contributed by atoms with Crippen LogP contribution in [0.5, 0.6) is 17.2 Å². The molecule has 9 nitrogen and oxygen atoms in total. The van der Waals surface area contributed by atoms with E-state index in [1.54, 1.807) is 31.2 Å². The smallest absolute Gasteiger partial charge is 0.397 e. The molecule has 0 bridgehead atoms. The second kappa shape index (κ2) is 12.4. The van der Waals surface area contributed by atoms with Crippen molar-refractivity contribution < 1.29 is 38.8 Å². The number of Topliss-reactive ketones (excluding diaryl/α,β-unsaturated/α-hetero) is 1. The highest BCUT2D eigenvalue weighted by atomic mass is 16.5. The van der Waals surface area contributed by atoms with Crippen molar-refractivity contribution in [1.29, 1.82) is 0 Å². The van der Waals surface area contributed by atoms with Crippen LogP contribution in [0, 0.1) is 0 Å². The molecule has 9 heteroatoms. The Hall–Kier alpha value is -3.59. The number of phenolic OH excluding ortho intramolecular Hbond substituents is 1. The van der Waals surface area contributed by atoms with Crippen molar-refractivity contribution in [3.05, 3.63) is 47.5 Å². The van der Waals surface area contributed by atoms with Crippen molar-refractivity contribution in [2.75, 3.05) is 25.1 Å². The molecule has 0 aromatic heterocycles. The van der Waals surface area contributed by atoms with Gasteiger partial charge in [-0.15, -0.1) is 0 Å². The minimum absolute atomic E-state index is 0.0930. The first-order chi connectivity index (χ1) is 15.8. The van der Waals surface area contributed by atoms with Crippen LogP contribution in [0.3, 0.4) is 0 Å². The van der Waals surface area contributed by atoms with Crippen molar-refractivity contribution in [3.8, 4) is 17.2 Å². The number of hydrogen-bond acceptors (Lipinski definition) is 8. The zero-order chi connectivity index (χ0) is 24.4. The molecule has 0 spiro atoms. The average molecular weight is 459 g/mol. The molecule has 2 rings (SSSR count). The molecule has 1 atom stereocenters. The van der Waals surface area contributed by atoms with Gasteiger partial charge in [-0.05, 0) is 44.5 Å². The third-order valence-electron chi connectivity index (χ3n) is 4.55. The maximum atomic E-state index is 11.7. The van der Waals surface area contributed by atoms with Gasteiger partial charge in [0.25, 0.3) is 0 Å². The fraction of sp³-hybridized carbons (Fsp3) is 0.375. The molecule has 0 saturated heterocycles. The maximum Gasteiger partial charge on any atom is 0.397 e. The summed E-state index contributed by atoms with van der Waals surface area (Å²) in [5, 5.41) is 23.1. The summed E-state index contributed by atoms with van der Waals surface area (Å²) < 4.78 is 15.9. The molecule has 2 aromatic rings. The van der Waals surface area contributed by atoms with Crippen LogP contribution in [-0.2, 0) is 20.7 Å². The monoisotopic (exact) mass is 459 g/mol. The largest absolute Gasteiger partial charge is 0.507 e. The number of esters is 1. The van der Waals surface area contributed by atoms with Crippen LogP contribution in [0.2, 0.25) is 0 Å². The Morgan fingerprint density at radius 2 is 1.79 bits per heavy atom. The third-order valence-corrected chi connectivity index (χ3v) is 4.55. The molecule has 0 fully saturated rings. The van der Waals surface area contributed by atoms with Gasteiger partial charge in [-0.2, -0.15) is 0 Å². The normalized spacial score (nSPS) is 11.4. The van der Waals surface area contributed by atoms with Gasteiger partial charge in [0.15, 0.2) is 5.78 Å². The molecule has 0 heterocycles. The third kappa shape index (κ3) is 7.50. The van der Waals surface area contributed by atoms with Crippen LogP contribution in [0.15, 0.2) is 36.4 Å². The van der Waals surface area contributed by atoms with Crippen molar-refractivity contribution in [2.45, 2.75) is 39.7 Å². The Morgan fingerprint density at radius 1 is 1.06 bits per heavy atom. The number of benzene rings is 2. The Morgan fingerprint density at radius 3 is 2.45 bits per heavy atom. The Kier molecular flexibility index (Phi) is 9.68. The molecule has 1 amide bonds. The molecule has 1 unspecified atom stereocenters. The van der Waals surface area contributed by atoms with E-state index in [1.165, 1.54) is 19.1 Å². The number of ketones is 1. The van der Waals surface area contributed by atoms with E-state index >= 15 is 0 Å². The summed E-state index contributed by atoms with van der Waals surface area (Å²) in [5.74, 6) is -1.47. The second-order valence-electron chi connectivity index (χ2n) is 7.22. The zero-order valence-electron chi connectivity index (χ0n) is 18.9. The molecule has 0 radical (unpaired) electrons. The minimum Gasteiger partial charge on any atom is -0.507 e. The first kappa shape index (κ1) is 25.7. The number of anilines is 1. The topological polar surface area (TPSA) is 131 Å². The summed E-state index contributed by atoms with van der Waals surface area (Å²) in [6, 6.07) is 9.43. The number of carbonyl (C=O) groups is 3. The van der Waals surface area contributed by atoms with Crippen LogP contribution in [0.4, 0.5) is 5.69 Å². The molecule has 33 heavy (non-hydrogen) atoms. The van der Waals surface area contributed by atoms with E-state index in [0.717, 1.165) is 6.42 Å². The lowest BCUT2D eigenvalue weighted by Crippen LogP contribution is -2.26. The van der Waals surface area contributed by atoms with Crippen LogP contribution in [0.1, 0.15) is 43.1 Å². The highest BCUT2D eigenvalue weighted by molar-refractivity contribution is 6.37. The molecule has 0 aliphatic rings. The first-order valence-electron chi connectivity index (χ1n) is 10.6. The van der Waals surface area contributed by atoms with Gasteiger partial charge in [0.05, 0.1) is 12.2 Å². The summed E-state index contributed by atoms with van der Waals surface area (Å²) in [5.41, 5.74) is 1.08. The van der Waals surface area contributed by atoms with Gasteiger partial charge in [-0.1, -0.05) is 19.4 Å². The van der Waals surface area contributed by atoms with Crippen molar-refractivity contribution in [2.24, 2.45) is 0 Å². The number of rotatable bonds is 11. The van der Waals surface area contributed by atoms with Crippen LogP contribution >= 0.6 is 0 Å². The Bertz CT molecular complexity index is 988. The predicted molar refractivity (Wildman–Crippen MR) is 121 cm³/mol. The second-order valence-corrected chi connectivity index (χ2v) is 7.22. The van der Waals surface area contributed by atoms with Crippen LogP contribution in [-0.4, -0.2) is 53.8 Å². The van der Waals surface area contributed by atoms with Gasteiger partial charge >= 0.3 is 11.9 Å². The van der Waals surface area contributed by atoms with Crippen molar-refractivity contribution in [3.63, 3.8) is 0 Å². The molecular formula is C24H29NO8. The van der Waals surface area contributed by atoms with Gasteiger partial charge in [0.2, 0.25) is 0 Å². The lowest BCUT2D eigenvalue weighted by Gasteiger charge is -2.17. The quantitative estimate of drug-likeness (QED) is 0.266. The Labute approximate surface area is 192 Å². The predicted octanol–water partition coefficient (Wildman–Crippen LogP) is 2.87. The number of carbonyl (C=O) groups excluding carboxylic acids is 3. The van der Waals surface area contributed by atoms with Gasteiger partial charge < -0.3 is 29.7 Å².